The maximum atomic E-state index is 13.9. The molecule has 2 aliphatic rings. The van der Waals surface area contributed by atoms with Gasteiger partial charge in [-0.1, -0.05) is 25.5 Å². The van der Waals surface area contributed by atoms with Crippen molar-refractivity contribution in [1.82, 2.24) is 43.7 Å². The van der Waals surface area contributed by atoms with Gasteiger partial charge in [0.05, 0.1) is 39.6 Å². The zero-order chi connectivity index (χ0) is 48.2. The number of thiazole rings is 1. The standard InChI is InChI=1S/C47H57N13O6S2/c1-6-32-40(68-28(4)50-32)44(64)54-47-51-33-23-30(41(48)61)25-36(66-21-11-14-56-17-19-57(20-18-56)45(65)29-12-10-13-29)38(33)58(47)15-8-9-16-59-39-34(24-31(42(49)62)26-37(39)67-5)52-46(59)53-43(63)35-22-27(3)55-60(35)7-2/h8-9,22-26,29H,6-7,10-21H2,1-5H3,(H2,48,61)(H2,49,62)(H,51,54,64)(H,52,53,63)/b9-8+. The molecule has 4 aromatic heterocycles. The minimum absolute atomic E-state index is 0.190. The van der Waals surface area contributed by atoms with Gasteiger partial charge in [-0.05, 0) is 83.0 Å². The van der Waals surface area contributed by atoms with Gasteiger partial charge in [0, 0.05) is 74.3 Å². The molecule has 1 aliphatic heterocycles. The van der Waals surface area contributed by atoms with Crippen LogP contribution in [0.4, 0.5) is 11.9 Å². The van der Waals surface area contributed by atoms with Crippen LogP contribution in [-0.4, -0.2) is 119 Å². The number of primary amides is 2. The van der Waals surface area contributed by atoms with E-state index in [0.29, 0.717) is 88.9 Å². The first kappa shape index (κ1) is 47.9. The number of nitrogens with two attached hydrogens (primary N) is 2. The van der Waals surface area contributed by atoms with Crippen LogP contribution in [0.2, 0.25) is 0 Å². The molecule has 68 heavy (non-hydrogen) atoms. The molecule has 5 amide bonds. The Morgan fingerprint density at radius 1 is 0.838 bits per heavy atom. The molecule has 8 rings (SSSR count). The van der Waals surface area contributed by atoms with Crippen molar-refractivity contribution in [2.75, 3.05) is 56.2 Å². The average Bonchev–Trinajstić information content (AvgIpc) is 4.07. The molecule has 2 aromatic carbocycles. The van der Waals surface area contributed by atoms with Gasteiger partial charge >= 0.3 is 0 Å². The predicted molar refractivity (Wildman–Crippen MR) is 263 cm³/mol. The molecule has 5 heterocycles. The summed E-state index contributed by atoms with van der Waals surface area (Å²) in [4.78, 5) is 85.2. The normalized spacial score (nSPS) is 14.5. The third kappa shape index (κ3) is 10.1. The Morgan fingerprint density at radius 2 is 1.47 bits per heavy atom. The second kappa shape index (κ2) is 20.7. The lowest BCUT2D eigenvalue weighted by Gasteiger charge is -2.38. The van der Waals surface area contributed by atoms with E-state index in [1.165, 1.54) is 23.1 Å². The molecular formula is C47H57N13O6S2. The van der Waals surface area contributed by atoms with Gasteiger partial charge < -0.3 is 30.2 Å². The number of nitrogens with one attached hydrogen (secondary N) is 2. The first-order chi connectivity index (χ1) is 32.8. The van der Waals surface area contributed by atoms with Crippen LogP contribution in [0.5, 0.6) is 5.75 Å². The Hall–Kier alpha value is -6.58. The highest BCUT2D eigenvalue weighted by atomic mass is 32.2. The minimum Gasteiger partial charge on any atom is -0.491 e. The number of benzene rings is 2. The van der Waals surface area contributed by atoms with Crippen LogP contribution < -0.4 is 26.8 Å². The average molecular weight is 964 g/mol. The Balaban J connectivity index is 1.09. The number of imidazole rings is 2. The fourth-order valence-electron chi connectivity index (χ4n) is 8.67. The predicted octanol–water partition coefficient (Wildman–Crippen LogP) is 5.63. The maximum Gasteiger partial charge on any atom is 0.276 e. The van der Waals surface area contributed by atoms with Crippen molar-refractivity contribution in [2.24, 2.45) is 17.4 Å². The zero-order valence-corrected chi connectivity index (χ0v) is 40.6. The molecule has 21 heteroatoms. The fraction of sp³-hybridized carbons (Fsp3) is 0.426. The van der Waals surface area contributed by atoms with Crippen LogP contribution in [0.3, 0.4) is 0 Å². The van der Waals surface area contributed by atoms with Gasteiger partial charge in [0.2, 0.25) is 29.6 Å². The van der Waals surface area contributed by atoms with Crippen molar-refractivity contribution in [1.29, 1.82) is 0 Å². The summed E-state index contributed by atoms with van der Waals surface area (Å²) in [5.74, 6) is -0.713. The number of amides is 5. The molecule has 0 unspecified atom stereocenters. The van der Waals surface area contributed by atoms with Gasteiger partial charge in [0.25, 0.3) is 11.8 Å². The van der Waals surface area contributed by atoms with E-state index in [-0.39, 0.29) is 53.8 Å². The number of thioether (sulfide) groups is 1. The number of aromatic nitrogens is 7. The summed E-state index contributed by atoms with van der Waals surface area (Å²) in [7, 11) is 0. The summed E-state index contributed by atoms with van der Waals surface area (Å²) < 4.78 is 11.8. The fourth-order valence-corrected chi connectivity index (χ4v) is 10.2. The van der Waals surface area contributed by atoms with Gasteiger partial charge in [-0.25, -0.2) is 15.0 Å². The molecular weight excluding hydrogens is 907 g/mol. The Morgan fingerprint density at radius 3 is 2.07 bits per heavy atom. The molecule has 0 radical (unpaired) electrons. The Labute approximate surface area is 401 Å². The molecule has 6 aromatic rings. The van der Waals surface area contributed by atoms with E-state index in [1.54, 1.807) is 35.0 Å². The molecule has 1 saturated carbocycles. The third-order valence-electron chi connectivity index (χ3n) is 12.4. The van der Waals surface area contributed by atoms with E-state index < -0.39 is 17.7 Å². The van der Waals surface area contributed by atoms with Gasteiger partial charge in [-0.2, -0.15) is 5.10 Å². The highest BCUT2D eigenvalue weighted by Gasteiger charge is 2.31. The maximum absolute atomic E-state index is 13.9. The Kier molecular flexibility index (Phi) is 14.6. The summed E-state index contributed by atoms with van der Waals surface area (Å²) in [5, 5.41) is 11.2. The van der Waals surface area contributed by atoms with Crippen LogP contribution in [0, 0.1) is 19.8 Å². The number of hydrogen-bond acceptors (Lipinski definition) is 13. The van der Waals surface area contributed by atoms with Gasteiger partial charge in [-0.15, -0.1) is 23.1 Å². The van der Waals surface area contributed by atoms with E-state index in [0.717, 1.165) is 48.8 Å². The first-order valence-electron chi connectivity index (χ1n) is 22.9. The van der Waals surface area contributed by atoms with Gasteiger partial charge in [0.1, 0.15) is 21.8 Å². The van der Waals surface area contributed by atoms with Crippen LogP contribution >= 0.6 is 23.1 Å². The number of ether oxygens (including phenoxy) is 1. The summed E-state index contributed by atoms with van der Waals surface area (Å²) in [6.45, 7) is 12.5. The first-order valence-corrected chi connectivity index (χ1v) is 24.9. The molecule has 1 aliphatic carbocycles. The largest absolute Gasteiger partial charge is 0.491 e. The van der Waals surface area contributed by atoms with Crippen molar-refractivity contribution in [3.05, 3.63) is 80.6 Å². The summed E-state index contributed by atoms with van der Waals surface area (Å²) in [6.07, 6.45) is 10.1. The molecule has 19 nitrogen and oxygen atoms in total. The number of piperazine rings is 1. The highest BCUT2D eigenvalue weighted by Crippen LogP contribution is 2.34. The molecule has 2 fully saturated rings. The quantitative estimate of drug-likeness (QED) is 0.0439. The smallest absolute Gasteiger partial charge is 0.276 e. The summed E-state index contributed by atoms with van der Waals surface area (Å²) in [5.41, 5.74) is 15.9. The van der Waals surface area contributed by atoms with E-state index in [1.807, 2.05) is 60.1 Å². The van der Waals surface area contributed by atoms with Crippen LogP contribution in [0.15, 0.2) is 47.4 Å². The van der Waals surface area contributed by atoms with E-state index in [9.17, 15) is 24.0 Å². The third-order valence-corrected chi connectivity index (χ3v) is 14.2. The molecule has 1 saturated heterocycles. The minimum atomic E-state index is -0.656. The summed E-state index contributed by atoms with van der Waals surface area (Å²) in [6, 6.07) is 8.22. The Bertz CT molecular complexity index is 2940. The number of allylic oxidation sites excluding steroid dienone is 2. The number of carbonyl (C=O) groups is 5. The lowest BCUT2D eigenvalue weighted by molar-refractivity contribution is -0.140. The van der Waals surface area contributed by atoms with Crippen LogP contribution in [-0.2, 0) is 30.8 Å². The molecule has 0 bridgehead atoms. The van der Waals surface area contributed by atoms with Crippen molar-refractivity contribution >= 4 is 86.6 Å². The highest BCUT2D eigenvalue weighted by molar-refractivity contribution is 7.98. The zero-order valence-electron chi connectivity index (χ0n) is 39.0. The van der Waals surface area contributed by atoms with Crippen LogP contribution in [0.1, 0.15) is 96.8 Å². The number of hydrogen-bond donors (Lipinski definition) is 4. The van der Waals surface area contributed by atoms with Gasteiger partial charge in [0.15, 0.2) is 0 Å². The molecule has 0 atom stereocenters. The molecule has 6 N–H and O–H groups in total. The van der Waals surface area contributed by atoms with Crippen molar-refractivity contribution in [3.8, 4) is 5.75 Å². The molecule has 358 valence electrons. The van der Waals surface area contributed by atoms with Crippen molar-refractivity contribution in [2.45, 2.75) is 84.3 Å². The number of carbonyl (C=O) groups excluding carboxylic acids is 5. The van der Waals surface area contributed by atoms with Crippen molar-refractivity contribution in [3.63, 3.8) is 0 Å². The topological polar surface area (TPSA) is 244 Å². The number of nitrogens with zero attached hydrogens (tertiary/aromatic N) is 9. The van der Waals surface area contributed by atoms with E-state index in [2.05, 4.69) is 25.6 Å². The lowest BCUT2D eigenvalue weighted by Crippen LogP contribution is -2.51. The number of anilines is 2. The van der Waals surface area contributed by atoms with E-state index in [4.69, 9.17) is 26.2 Å². The van der Waals surface area contributed by atoms with Crippen molar-refractivity contribution < 1.29 is 28.7 Å². The second-order valence-electron chi connectivity index (χ2n) is 16.9. The van der Waals surface area contributed by atoms with Gasteiger partial charge in [-0.3, -0.25) is 44.2 Å². The number of aryl methyl sites for hydroxylation is 4. The number of rotatable bonds is 19. The van der Waals surface area contributed by atoms with E-state index >= 15 is 0 Å². The SMILES string of the molecule is CCc1nc(C)sc1C(=O)Nc1nc2cc(C(N)=O)cc(OCCCN3CCN(C(=O)C4CCC4)CC3)c2n1C/C=C/Cn1c(NC(=O)c2cc(C)nn2CC)nc2cc(C(N)=O)cc(SC)c21. The monoisotopic (exact) mass is 963 g/mol. The summed E-state index contributed by atoms with van der Waals surface area (Å²) >= 11 is 2.72. The second-order valence-corrected chi connectivity index (χ2v) is 19.0. The van der Waals surface area contributed by atoms with Crippen LogP contribution in [0.25, 0.3) is 22.1 Å². The number of fused-ring (bicyclic) bond motifs is 2. The lowest BCUT2D eigenvalue weighted by atomic mass is 9.84. The molecule has 0 spiro atoms.